The van der Waals surface area contributed by atoms with Gasteiger partial charge in [-0.15, -0.1) is 0 Å². The SMILES string of the molecule is CN(C)c1ccc(C(C)(C)C(=O)O)cc1. The second-order valence-corrected chi connectivity index (χ2v) is 4.37. The van der Waals surface area contributed by atoms with Crippen molar-refractivity contribution in [1.82, 2.24) is 0 Å². The van der Waals surface area contributed by atoms with Gasteiger partial charge in [0.05, 0.1) is 5.41 Å². The first-order valence-electron chi connectivity index (χ1n) is 4.87. The summed E-state index contributed by atoms with van der Waals surface area (Å²) in [6.45, 7) is 3.42. The fourth-order valence-corrected chi connectivity index (χ4v) is 1.30. The standard InChI is InChI=1S/C12H17NO2/c1-12(2,11(14)15)9-5-7-10(8-6-9)13(3)4/h5-8H,1-4H3,(H,14,15). The first-order chi connectivity index (χ1) is 6.85. The molecule has 1 aromatic carbocycles. The van der Waals surface area contributed by atoms with Crippen molar-refractivity contribution in [3.63, 3.8) is 0 Å². The maximum Gasteiger partial charge on any atom is 0.313 e. The maximum atomic E-state index is 11.0. The highest BCUT2D eigenvalue weighted by Crippen LogP contribution is 2.25. The Morgan fingerprint density at radius 1 is 1.20 bits per heavy atom. The van der Waals surface area contributed by atoms with Crippen molar-refractivity contribution in [3.8, 4) is 0 Å². The molecule has 1 aromatic rings. The van der Waals surface area contributed by atoms with Gasteiger partial charge >= 0.3 is 5.97 Å². The smallest absolute Gasteiger partial charge is 0.313 e. The van der Waals surface area contributed by atoms with Crippen LogP contribution in [0.2, 0.25) is 0 Å². The molecule has 82 valence electrons. The number of anilines is 1. The number of hydrogen-bond donors (Lipinski definition) is 1. The first-order valence-corrected chi connectivity index (χ1v) is 4.87. The molecule has 0 heterocycles. The summed E-state index contributed by atoms with van der Waals surface area (Å²) in [6.07, 6.45) is 0. The van der Waals surface area contributed by atoms with E-state index >= 15 is 0 Å². The Balaban J connectivity index is 3.04. The quantitative estimate of drug-likeness (QED) is 0.825. The summed E-state index contributed by atoms with van der Waals surface area (Å²) in [5.74, 6) is -0.805. The van der Waals surface area contributed by atoms with E-state index < -0.39 is 11.4 Å². The summed E-state index contributed by atoms with van der Waals surface area (Å²) in [7, 11) is 3.91. The largest absolute Gasteiger partial charge is 0.481 e. The number of nitrogens with zero attached hydrogens (tertiary/aromatic N) is 1. The molecule has 0 spiro atoms. The van der Waals surface area contributed by atoms with E-state index in [-0.39, 0.29) is 0 Å². The van der Waals surface area contributed by atoms with Gasteiger partial charge in [-0.1, -0.05) is 12.1 Å². The van der Waals surface area contributed by atoms with Crippen LogP contribution >= 0.6 is 0 Å². The Kier molecular flexibility index (Phi) is 3.03. The van der Waals surface area contributed by atoms with Crippen molar-refractivity contribution in [2.75, 3.05) is 19.0 Å². The van der Waals surface area contributed by atoms with Gasteiger partial charge in [0.2, 0.25) is 0 Å². The van der Waals surface area contributed by atoms with Crippen molar-refractivity contribution in [2.24, 2.45) is 0 Å². The third-order valence-electron chi connectivity index (χ3n) is 2.64. The zero-order valence-electron chi connectivity index (χ0n) is 9.61. The number of benzene rings is 1. The molecule has 1 rings (SSSR count). The summed E-state index contributed by atoms with van der Waals surface area (Å²) in [6, 6.07) is 7.59. The minimum absolute atomic E-state index is 0.805. The van der Waals surface area contributed by atoms with Crippen LogP contribution in [0.25, 0.3) is 0 Å². The molecule has 0 aliphatic heterocycles. The normalized spacial score (nSPS) is 11.2. The third-order valence-corrected chi connectivity index (χ3v) is 2.64. The van der Waals surface area contributed by atoms with Gasteiger partial charge in [0.25, 0.3) is 0 Å². The van der Waals surface area contributed by atoms with E-state index in [2.05, 4.69) is 0 Å². The fourth-order valence-electron chi connectivity index (χ4n) is 1.30. The van der Waals surface area contributed by atoms with Gasteiger partial charge in [-0.25, -0.2) is 0 Å². The monoisotopic (exact) mass is 207 g/mol. The molecule has 0 aliphatic carbocycles. The average Bonchev–Trinajstić information content (AvgIpc) is 2.17. The van der Waals surface area contributed by atoms with Crippen LogP contribution < -0.4 is 4.90 Å². The molecule has 0 saturated carbocycles. The second-order valence-electron chi connectivity index (χ2n) is 4.37. The Morgan fingerprint density at radius 2 is 1.67 bits per heavy atom. The number of aliphatic carboxylic acids is 1. The summed E-state index contributed by atoms with van der Waals surface area (Å²) in [4.78, 5) is 13.0. The number of carboxylic acid groups (broad SMARTS) is 1. The Hall–Kier alpha value is -1.51. The van der Waals surface area contributed by atoms with E-state index in [9.17, 15) is 4.79 Å². The van der Waals surface area contributed by atoms with Gasteiger partial charge < -0.3 is 10.0 Å². The molecule has 0 fully saturated rings. The van der Waals surface area contributed by atoms with E-state index in [0.29, 0.717) is 0 Å². The lowest BCUT2D eigenvalue weighted by Crippen LogP contribution is -2.28. The Morgan fingerprint density at radius 3 is 2.00 bits per heavy atom. The zero-order chi connectivity index (χ0) is 11.6. The topological polar surface area (TPSA) is 40.5 Å². The summed E-state index contributed by atoms with van der Waals surface area (Å²) in [5.41, 5.74) is 1.06. The van der Waals surface area contributed by atoms with Crippen LogP contribution in [0.4, 0.5) is 5.69 Å². The highest BCUT2D eigenvalue weighted by atomic mass is 16.4. The average molecular weight is 207 g/mol. The molecule has 0 saturated heterocycles. The zero-order valence-corrected chi connectivity index (χ0v) is 9.61. The van der Waals surface area contributed by atoms with Gasteiger partial charge in [0.15, 0.2) is 0 Å². The van der Waals surface area contributed by atoms with Crippen molar-refractivity contribution >= 4 is 11.7 Å². The predicted octanol–water partition coefficient (Wildman–Crippen LogP) is 2.11. The van der Waals surface area contributed by atoms with Gasteiger partial charge in [0.1, 0.15) is 0 Å². The van der Waals surface area contributed by atoms with E-state index in [1.807, 2.05) is 43.3 Å². The number of rotatable bonds is 3. The number of carbonyl (C=O) groups is 1. The van der Waals surface area contributed by atoms with Crippen LogP contribution in [0.5, 0.6) is 0 Å². The molecule has 15 heavy (non-hydrogen) atoms. The van der Waals surface area contributed by atoms with Crippen molar-refractivity contribution < 1.29 is 9.90 Å². The summed E-state index contributed by atoms with van der Waals surface area (Å²) in [5, 5.41) is 9.06. The third kappa shape index (κ3) is 2.29. The van der Waals surface area contributed by atoms with Crippen molar-refractivity contribution in [2.45, 2.75) is 19.3 Å². The Bertz CT molecular complexity index is 352. The summed E-state index contributed by atoms with van der Waals surface area (Å²) < 4.78 is 0. The van der Waals surface area contributed by atoms with Crippen LogP contribution in [-0.2, 0) is 10.2 Å². The lowest BCUT2D eigenvalue weighted by Gasteiger charge is -2.21. The van der Waals surface area contributed by atoms with Crippen LogP contribution in [0.15, 0.2) is 24.3 Å². The molecule has 1 N–H and O–H groups in total. The van der Waals surface area contributed by atoms with Crippen LogP contribution in [0.3, 0.4) is 0 Å². The van der Waals surface area contributed by atoms with Crippen molar-refractivity contribution in [1.29, 1.82) is 0 Å². The molecule has 0 atom stereocenters. The van der Waals surface area contributed by atoms with E-state index in [1.165, 1.54) is 0 Å². The minimum Gasteiger partial charge on any atom is -0.481 e. The first kappa shape index (κ1) is 11.6. The van der Waals surface area contributed by atoms with E-state index in [0.717, 1.165) is 11.3 Å². The lowest BCUT2D eigenvalue weighted by molar-refractivity contribution is -0.142. The molecule has 0 unspecified atom stereocenters. The number of hydrogen-bond acceptors (Lipinski definition) is 2. The molecule has 0 aromatic heterocycles. The van der Waals surface area contributed by atoms with E-state index in [1.54, 1.807) is 13.8 Å². The van der Waals surface area contributed by atoms with Gasteiger partial charge in [-0.2, -0.15) is 0 Å². The van der Waals surface area contributed by atoms with Crippen LogP contribution in [0.1, 0.15) is 19.4 Å². The molecule has 0 bridgehead atoms. The van der Waals surface area contributed by atoms with Crippen molar-refractivity contribution in [3.05, 3.63) is 29.8 Å². The van der Waals surface area contributed by atoms with Gasteiger partial charge in [0, 0.05) is 19.8 Å². The highest BCUT2D eigenvalue weighted by Gasteiger charge is 2.29. The molecule has 3 heteroatoms. The maximum absolute atomic E-state index is 11.0. The highest BCUT2D eigenvalue weighted by molar-refractivity contribution is 5.80. The lowest BCUT2D eigenvalue weighted by atomic mass is 9.85. The van der Waals surface area contributed by atoms with Gasteiger partial charge in [-0.05, 0) is 31.5 Å². The Labute approximate surface area is 90.3 Å². The predicted molar refractivity (Wildman–Crippen MR) is 61.4 cm³/mol. The molecule has 0 amide bonds. The molecular formula is C12H17NO2. The molecular weight excluding hydrogens is 190 g/mol. The van der Waals surface area contributed by atoms with E-state index in [4.69, 9.17) is 5.11 Å². The summed E-state index contributed by atoms with van der Waals surface area (Å²) >= 11 is 0. The second kappa shape index (κ2) is 3.93. The minimum atomic E-state index is -0.829. The fraction of sp³-hybridized carbons (Fsp3) is 0.417. The van der Waals surface area contributed by atoms with Crippen LogP contribution in [0, 0.1) is 0 Å². The number of carboxylic acids is 1. The molecule has 0 radical (unpaired) electrons. The molecule has 0 aliphatic rings. The molecule has 3 nitrogen and oxygen atoms in total. The van der Waals surface area contributed by atoms with Gasteiger partial charge in [-0.3, -0.25) is 4.79 Å². The van der Waals surface area contributed by atoms with Crippen LogP contribution in [-0.4, -0.2) is 25.2 Å².